The molecule has 106 valence electrons. The second kappa shape index (κ2) is 4.23. The highest BCUT2D eigenvalue weighted by Crippen LogP contribution is 2.48. The lowest BCUT2D eigenvalue weighted by molar-refractivity contribution is -0.122. The summed E-state index contributed by atoms with van der Waals surface area (Å²) < 4.78 is 0. The fraction of sp³-hybridized carbons (Fsp3) is 0.176. The third kappa shape index (κ3) is 1.48. The molecule has 5 heteroatoms. The molecule has 1 saturated heterocycles. The number of nitrogens with one attached hydrogen (secondary N) is 2. The number of hydrogen-bond donors (Lipinski definition) is 2. The highest BCUT2D eigenvalue weighted by atomic mass is 16.2. The maximum Gasteiger partial charge on any atom is 0.322 e. The third-order valence-corrected chi connectivity index (χ3v) is 4.50. The van der Waals surface area contributed by atoms with Crippen molar-refractivity contribution in [3.63, 3.8) is 0 Å². The first-order valence-electron chi connectivity index (χ1n) is 7.23. The van der Waals surface area contributed by atoms with Crippen LogP contribution < -0.4 is 16.1 Å². The van der Waals surface area contributed by atoms with E-state index in [1.54, 1.807) is 6.07 Å². The van der Waals surface area contributed by atoms with Gasteiger partial charge < -0.3 is 5.32 Å². The lowest BCUT2D eigenvalue weighted by atomic mass is 9.84. The molecule has 2 aliphatic rings. The monoisotopic (exact) mass is 288 g/mol. The van der Waals surface area contributed by atoms with Crippen molar-refractivity contribution < 1.29 is 9.59 Å². The zero-order chi connectivity index (χ0) is 15.5. The Morgan fingerprint density at radius 2 is 1.73 bits per heavy atom. The number of urea groups is 1. The minimum absolute atomic E-state index is 0.351. The highest BCUT2D eigenvalue weighted by molar-refractivity contribution is 6.32. The van der Waals surface area contributed by atoms with Crippen molar-refractivity contribution >= 4 is 25.2 Å². The summed E-state index contributed by atoms with van der Waals surface area (Å²) in [5.41, 5.74) is 3.97. The van der Waals surface area contributed by atoms with Crippen LogP contribution in [0.5, 0.6) is 0 Å². The van der Waals surface area contributed by atoms with Crippen LogP contribution in [0.2, 0.25) is 0 Å². The Hall–Kier alpha value is -2.56. The van der Waals surface area contributed by atoms with Crippen molar-refractivity contribution in [2.75, 3.05) is 0 Å². The highest BCUT2D eigenvalue weighted by Gasteiger charge is 2.54. The lowest BCUT2D eigenvalue weighted by Gasteiger charge is -2.24. The van der Waals surface area contributed by atoms with Crippen LogP contribution in [0.3, 0.4) is 0 Å². The van der Waals surface area contributed by atoms with E-state index in [0.29, 0.717) is 5.46 Å². The predicted octanol–water partition coefficient (Wildman–Crippen LogP) is 1.11. The molecule has 1 unspecified atom stereocenters. The van der Waals surface area contributed by atoms with E-state index in [1.165, 1.54) is 0 Å². The smallest absolute Gasteiger partial charge is 0.316 e. The Labute approximate surface area is 129 Å². The molecule has 3 amide bonds. The molecule has 22 heavy (non-hydrogen) atoms. The van der Waals surface area contributed by atoms with Crippen LogP contribution in [0, 0.1) is 0 Å². The van der Waals surface area contributed by atoms with E-state index in [1.807, 2.05) is 30.3 Å². The van der Waals surface area contributed by atoms with Gasteiger partial charge in [-0.05, 0) is 34.2 Å². The molecule has 1 heterocycles. The first-order valence-corrected chi connectivity index (χ1v) is 7.23. The Morgan fingerprint density at radius 1 is 1.05 bits per heavy atom. The van der Waals surface area contributed by atoms with Crippen LogP contribution in [-0.4, -0.2) is 19.8 Å². The van der Waals surface area contributed by atoms with Gasteiger partial charge in [-0.25, -0.2) is 4.79 Å². The summed E-state index contributed by atoms with van der Waals surface area (Å²) in [4.78, 5) is 24.4. The van der Waals surface area contributed by atoms with Gasteiger partial charge in [-0.15, -0.1) is 0 Å². The average molecular weight is 288 g/mol. The molecule has 1 atom stereocenters. The second-order valence-corrected chi connectivity index (χ2v) is 5.70. The first-order chi connectivity index (χ1) is 10.6. The van der Waals surface area contributed by atoms with Gasteiger partial charge in [0.05, 0.1) is 0 Å². The molecule has 2 N–H and O–H groups in total. The Bertz CT molecular complexity index is 847. The van der Waals surface area contributed by atoms with E-state index in [-0.39, 0.29) is 5.91 Å². The molecule has 4 nitrogen and oxygen atoms in total. The van der Waals surface area contributed by atoms with Gasteiger partial charge in [0.15, 0.2) is 5.54 Å². The van der Waals surface area contributed by atoms with Crippen LogP contribution >= 0.6 is 0 Å². The van der Waals surface area contributed by atoms with Crippen molar-refractivity contribution in [3.05, 3.63) is 53.1 Å². The molecular formula is C17H13BN2O2. The van der Waals surface area contributed by atoms with Gasteiger partial charge in [-0.2, -0.15) is 0 Å². The van der Waals surface area contributed by atoms with Gasteiger partial charge in [-0.3, -0.25) is 10.1 Å². The van der Waals surface area contributed by atoms with E-state index >= 15 is 0 Å². The van der Waals surface area contributed by atoms with Gasteiger partial charge in [0, 0.05) is 0 Å². The summed E-state index contributed by atoms with van der Waals surface area (Å²) in [6, 6.07) is 11.1. The van der Waals surface area contributed by atoms with Crippen LogP contribution in [0.1, 0.15) is 23.6 Å². The first kappa shape index (κ1) is 13.1. The molecule has 1 spiro atoms. The van der Waals surface area contributed by atoms with Crippen molar-refractivity contribution in [2.24, 2.45) is 0 Å². The standard InChI is InChI=1S/C17H13BN2O2/c1-2-9-3-5-11-12-6-4-10(18)8-14(12)17(13(11)7-9)15(21)19-16(22)20-17/h3-8H,2H2,1H3,(H2,19,20,21,22). The minimum Gasteiger partial charge on any atom is -0.316 e. The number of carbonyl (C=O) groups excluding carboxylic acids is 2. The number of hydrogen-bond acceptors (Lipinski definition) is 2. The zero-order valence-corrected chi connectivity index (χ0v) is 12.1. The molecular weight excluding hydrogens is 275 g/mol. The van der Waals surface area contributed by atoms with E-state index in [0.717, 1.165) is 34.2 Å². The molecule has 1 aliphatic heterocycles. The zero-order valence-electron chi connectivity index (χ0n) is 12.1. The Morgan fingerprint density at radius 3 is 2.36 bits per heavy atom. The SMILES string of the molecule is [B]c1ccc2c(c1)C1(NC(=O)NC1=O)c1cc(CC)ccc1-2. The molecule has 4 rings (SSSR count). The van der Waals surface area contributed by atoms with E-state index in [2.05, 4.69) is 17.6 Å². The van der Waals surface area contributed by atoms with Gasteiger partial charge in [0.25, 0.3) is 5.91 Å². The summed E-state index contributed by atoms with van der Waals surface area (Å²) in [6.45, 7) is 2.06. The molecule has 2 aromatic carbocycles. The number of imide groups is 1. The number of aryl methyl sites for hydroxylation is 1. The molecule has 1 fully saturated rings. The Balaban J connectivity index is 2.09. The molecule has 0 saturated carbocycles. The van der Waals surface area contributed by atoms with Gasteiger partial charge >= 0.3 is 6.03 Å². The largest absolute Gasteiger partial charge is 0.322 e. The minimum atomic E-state index is -1.16. The van der Waals surface area contributed by atoms with Crippen molar-refractivity contribution in [2.45, 2.75) is 18.9 Å². The molecule has 2 aromatic rings. The maximum absolute atomic E-state index is 12.6. The Kier molecular flexibility index (Phi) is 2.52. The molecule has 0 bridgehead atoms. The van der Waals surface area contributed by atoms with Crippen LogP contribution in [-0.2, 0) is 16.8 Å². The number of rotatable bonds is 1. The van der Waals surface area contributed by atoms with Crippen molar-refractivity contribution in [1.29, 1.82) is 0 Å². The lowest BCUT2D eigenvalue weighted by Crippen LogP contribution is -2.43. The normalized spacial score (nSPS) is 21.5. The number of benzene rings is 2. The molecule has 0 aromatic heterocycles. The molecule has 1 aliphatic carbocycles. The van der Waals surface area contributed by atoms with Crippen molar-refractivity contribution in [3.8, 4) is 11.1 Å². The predicted molar refractivity (Wildman–Crippen MR) is 84.1 cm³/mol. The summed E-state index contributed by atoms with van der Waals surface area (Å²) in [6.07, 6.45) is 0.859. The number of fused-ring (bicyclic) bond motifs is 5. The average Bonchev–Trinajstić information content (AvgIpc) is 2.95. The topological polar surface area (TPSA) is 58.2 Å². The third-order valence-electron chi connectivity index (χ3n) is 4.50. The number of carbonyl (C=O) groups is 2. The van der Waals surface area contributed by atoms with Gasteiger partial charge in [0.2, 0.25) is 0 Å². The van der Waals surface area contributed by atoms with Crippen molar-refractivity contribution in [1.82, 2.24) is 10.6 Å². The fourth-order valence-corrected chi connectivity index (χ4v) is 3.44. The van der Waals surface area contributed by atoms with Crippen LogP contribution in [0.25, 0.3) is 11.1 Å². The molecule has 2 radical (unpaired) electrons. The van der Waals surface area contributed by atoms with Crippen LogP contribution in [0.15, 0.2) is 36.4 Å². The van der Waals surface area contributed by atoms with Gasteiger partial charge in [0.1, 0.15) is 7.85 Å². The maximum atomic E-state index is 12.6. The van der Waals surface area contributed by atoms with E-state index in [9.17, 15) is 9.59 Å². The summed E-state index contributed by atoms with van der Waals surface area (Å²) >= 11 is 0. The summed E-state index contributed by atoms with van der Waals surface area (Å²) in [5, 5.41) is 5.17. The van der Waals surface area contributed by atoms with E-state index in [4.69, 9.17) is 7.85 Å². The van der Waals surface area contributed by atoms with E-state index < -0.39 is 11.6 Å². The number of amides is 3. The summed E-state index contributed by atoms with van der Waals surface area (Å²) in [5.74, 6) is -0.351. The summed E-state index contributed by atoms with van der Waals surface area (Å²) in [7, 11) is 5.91. The second-order valence-electron chi connectivity index (χ2n) is 5.70. The quantitative estimate of drug-likeness (QED) is 0.610. The fourth-order valence-electron chi connectivity index (χ4n) is 3.44. The van der Waals surface area contributed by atoms with Crippen LogP contribution in [0.4, 0.5) is 4.79 Å². The van der Waals surface area contributed by atoms with Gasteiger partial charge in [-0.1, -0.05) is 48.8 Å².